The Kier molecular flexibility index (Phi) is 3.56. The van der Waals surface area contributed by atoms with Gasteiger partial charge in [0.1, 0.15) is 16.9 Å². The average molecular weight is 308 g/mol. The molecule has 8 nitrogen and oxygen atoms in total. The van der Waals surface area contributed by atoms with Gasteiger partial charge in [-0.25, -0.2) is 19.7 Å². The van der Waals surface area contributed by atoms with Crippen molar-refractivity contribution in [3.05, 3.63) is 17.7 Å². The maximum absolute atomic E-state index is 11.5. The number of aromatic amines is 1. The van der Waals surface area contributed by atoms with Gasteiger partial charge in [-0.05, 0) is 18.7 Å². The van der Waals surface area contributed by atoms with E-state index in [0.717, 1.165) is 16.9 Å². The van der Waals surface area contributed by atoms with Crippen molar-refractivity contribution >= 4 is 40.2 Å². The van der Waals surface area contributed by atoms with Crippen molar-refractivity contribution in [2.24, 2.45) is 0 Å². The summed E-state index contributed by atoms with van der Waals surface area (Å²) in [6.07, 6.45) is 2.98. The number of aromatic nitrogens is 6. The molecule has 0 amide bonds. The molecule has 3 rings (SSSR count). The number of nitrogens with one attached hydrogen (secondary N) is 1. The van der Waals surface area contributed by atoms with E-state index in [2.05, 4.69) is 30.1 Å². The third-order valence-electron chi connectivity index (χ3n) is 2.23. The molecule has 0 unspecified atom stereocenters. The van der Waals surface area contributed by atoms with Gasteiger partial charge >= 0.3 is 5.97 Å². The summed E-state index contributed by atoms with van der Waals surface area (Å²) in [6.45, 7) is 2.05. The molecule has 3 aromatic rings. The Morgan fingerprint density at radius 3 is 3.15 bits per heavy atom. The van der Waals surface area contributed by atoms with Crippen LogP contribution in [0.2, 0.25) is 0 Å². The first kappa shape index (κ1) is 12.9. The Bertz CT molecular complexity index is 755. The second kappa shape index (κ2) is 5.51. The van der Waals surface area contributed by atoms with E-state index in [1.54, 1.807) is 13.3 Å². The van der Waals surface area contributed by atoms with Gasteiger partial charge in [-0.3, -0.25) is 0 Å². The van der Waals surface area contributed by atoms with E-state index in [0.29, 0.717) is 21.6 Å². The van der Waals surface area contributed by atoms with Gasteiger partial charge in [-0.1, -0.05) is 11.3 Å². The van der Waals surface area contributed by atoms with Crippen LogP contribution in [0.3, 0.4) is 0 Å². The number of carbonyl (C=O) groups is 1. The summed E-state index contributed by atoms with van der Waals surface area (Å²) in [6, 6.07) is 0. The molecule has 0 aliphatic rings. The molecule has 20 heavy (non-hydrogen) atoms. The van der Waals surface area contributed by atoms with Gasteiger partial charge < -0.3 is 9.72 Å². The minimum atomic E-state index is -0.466. The van der Waals surface area contributed by atoms with Crippen LogP contribution in [0.1, 0.15) is 16.7 Å². The third kappa shape index (κ3) is 2.47. The summed E-state index contributed by atoms with van der Waals surface area (Å²) in [5.74, 6) is -0.466. The van der Waals surface area contributed by atoms with Crippen molar-refractivity contribution in [1.82, 2.24) is 30.1 Å². The molecule has 0 spiro atoms. The smallest absolute Gasteiger partial charge is 0.369 e. The van der Waals surface area contributed by atoms with Crippen LogP contribution >= 0.6 is 23.1 Å². The number of nitrogens with zero attached hydrogens (tertiary/aromatic N) is 5. The molecule has 3 heterocycles. The SMILES string of the molecule is CCOC(=O)c1nnc(Sc2ncnc3nc[nH]c23)s1. The van der Waals surface area contributed by atoms with E-state index >= 15 is 0 Å². The van der Waals surface area contributed by atoms with Crippen molar-refractivity contribution < 1.29 is 9.53 Å². The Labute approximate surface area is 121 Å². The van der Waals surface area contributed by atoms with E-state index in [1.807, 2.05) is 0 Å². The first-order chi connectivity index (χ1) is 9.78. The first-order valence-corrected chi connectivity index (χ1v) is 7.23. The maximum atomic E-state index is 11.5. The lowest BCUT2D eigenvalue weighted by Gasteiger charge is -1.96. The van der Waals surface area contributed by atoms with E-state index in [9.17, 15) is 4.79 Å². The van der Waals surface area contributed by atoms with Gasteiger partial charge in [0.2, 0.25) is 5.01 Å². The molecular weight excluding hydrogens is 300 g/mol. The number of ether oxygens (including phenoxy) is 1. The normalized spacial score (nSPS) is 10.8. The highest BCUT2D eigenvalue weighted by atomic mass is 32.2. The summed E-state index contributed by atoms with van der Waals surface area (Å²) >= 11 is 2.45. The Morgan fingerprint density at radius 1 is 1.40 bits per heavy atom. The molecule has 1 N–H and O–H groups in total. The van der Waals surface area contributed by atoms with E-state index < -0.39 is 5.97 Å². The number of rotatable bonds is 4. The first-order valence-electron chi connectivity index (χ1n) is 5.60. The number of fused-ring (bicyclic) bond motifs is 1. The predicted molar refractivity (Wildman–Crippen MR) is 71.7 cm³/mol. The fourth-order valence-electron chi connectivity index (χ4n) is 1.43. The number of H-pyrrole nitrogens is 1. The third-order valence-corrected chi connectivity index (χ3v) is 4.19. The van der Waals surface area contributed by atoms with E-state index in [1.165, 1.54) is 18.1 Å². The molecule has 0 saturated heterocycles. The summed E-state index contributed by atoms with van der Waals surface area (Å²) < 4.78 is 5.47. The number of imidazole rings is 1. The average Bonchev–Trinajstić information content (AvgIpc) is 3.08. The molecule has 10 heteroatoms. The molecule has 0 aliphatic carbocycles. The van der Waals surface area contributed by atoms with Crippen molar-refractivity contribution in [2.75, 3.05) is 6.61 Å². The van der Waals surface area contributed by atoms with Gasteiger partial charge in [-0.15, -0.1) is 10.2 Å². The summed E-state index contributed by atoms with van der Waals surface area (Å²) in [5.41, 5.74) is 1.31. The number of hydrogen-bond acceptors (Lipinski definition) is 9. The Hall–Kier alpha value is -2.07. The highest BCUT2D eigenvalue weighted by Crippen LogP contribution is 2.31. The highest BCUT2D eigenvalue weighted by molar-refractivity contribution is 8.01. The standard InChI is InChI=1S/C10H8N6O2S2/c1-2-18-9(17)8-15-16-10(20-8)19-7-5-6(12-3-11-5)13-4-14-7/h3-4H,2H2,1H3,(H,11,12,13,14). The Balaban J connectivity index is 1.84. The van der Waals surface area contributed by atoms with Gasteiger partial charge in [0, 0.05) is 0 Å². The van der Waals surface area contributed by atoms with Crippen molar-refractivity contribution in [1.29, 1.82) is 0 Å². The van der Waals surface area contributed by atoms with Crippen molar-refractivity contribution in [3.63, 3.8) is 0 Å². The molecular formula is C10H8N6O2S2. The zero-order chi connectivity index (χ0) is 13.9. The predicted octanol–water partition coefficient (Wildman–Crippen LogP) is 1.53. The lowest BCUT2D eigenvalue weighted by Crippen LogP contribution is -2.03. The zero-order valence-electron chi connectivity index (χ0n) is 10.2. The molecule has 0 aliphatic heterocycles. The topological polar surface area (TPSA) is 107 Å². The Morgan fingerprint density at radius 2 is 2.30 bits per heavy atom. The second-order valence-electron chi connectivity index (χ2n) is 3.48. The summed E-state index contributed by atoms with van der Waals surface area (Å²) in [4.78, 5) is 26.7. The van der Waals surface area contributed by atoms with Crippen LogP contribution in [0, 0.1) is 0 Å². The van der Waals surface area contributed by atoms with Crippen LogP contribution < -0.4 is 0 Å². The van der Waals surface area contributed by atoms with Crippen LogP contribution in [0.4, 0.5) is 0 Å². The molecule has 0 saturated carbocycles. The lowest BCUT2D eigenvalue weighted by molar-refractivity contribution is 0.0525. The van der Waals surface area contributed by atoms with Gasteiger partial charge in [0.25, 0.3) is 0 Å². The van der Waals surface area contributed by atoms with Gasteiger partial charge in [-0.2, -0.15) is 0 Å². The number of carbonyl (C=O) groups excluding carboxylic acids is 1. The molecule has 0 atom stereocenters. The second-order valence-corrected chi connectivity index (χ2v) is 5.69. The fraction of sp³-hybridized carbons (Fsp3) is 0.200. The van der Waals surface area contributed by atoms with E-state index in [-0.39, 0.29) is 5.01 Å². The highest BCUT2D eigenvalue weighted by Gasteiger charge is 2.16. The van der Waals surface area contributed by atoms with Crippen LogP contribution in [-0.2, 0) is 4.74 Å². The monoisotopic (exact) mass is 308 g/mol. The number of hydrogen-bond donors (Lipinski definition) is 1. The van der Waals surface area contributed by atoms with Gasteiger partial charge in [0.05, 0.1) is 12.9 Å². The van der Waals surface area contributed by atoms with Crippen LogP contribution in [0.15, 0.2) is 22.0 Å². The largest absolute Gasteiger partial charge is 0.461 e. The summed E-state index contributed by atoms with van der Waals surface area (Å²) in [5, 5.41) is 8.65. The van der Waals surface area contributed by atoms with E-state index in [4.69, 9.17) is 4.74 Å². The van der Waals surface area contributed by atoms with Gasteiger partial charge in [0.15, 0.2) is 9.99 Å². The minimum absolute atomic E-state index is 0.226. The molecule has 3 aromatic heterocycles. The van der Waals surface area contributed by atoms with Crippen molar-refractivity contribution in [3.8, 4) is 0 Å². The maximum Gasteiger partial charge on any atom is 0.369 e. The van der Waals surface area contributed by atoms with Crippen LogP contribution in [-0.4, -0.2) is 42.7 Å². The fourth-order valence-corrected chi connectivity index (χ4v) is 3.14. The lowest BCUT2D eigenvalue weighted by atomic mass is 10.6. The quantitative estimate of drug-likeness (QED) is 0.571. The van der Waals surface area contributed by atoms with Crippen molar-refractivity contribution in [2.45, 2.75) is 16.3 Å². The number of esters is 1. The molecule has 0 bridgehead atoms. The molecule has 0 radical (unpaired) electrons. The summed E-state index contributed by atoms with van der Waals surface area (Å²) in [7, 11) is 0. The zero-order valence-corrected chi connectivity index (χ0v) is 11.9. The van der Waals surface area contributed by atoms with Crippen LogP contribution in [0.25, 0.3) is 11.2 Å². The van der Waals surface area contributed by atoms with Crippen LogP contribution in [0.5, 0.6) is 0 Å². The minimum Gasteiger partial charge on any atom is -0.461 e. The molecule has 0 fully saturated rings. The molecule has 102 valence electrons. The molecule has 0 aromatic carbocycles.